The van der Waals surface area contributed by atoms with Gasteiger partial charge in [-0.3, -0.25) is 19.5 Å². The van der Waals surface area contributed by atoms with Crippen molar-refractivity contribution in [3.05, 3.63) is 36.3 Å². The molecule has 2 N–H and O–H groups in total. The van der Waals surface area contributed by atoms with Crippen LogP contribution in [0.25, 0.3) is 10.9 Å². The fourth-order valence-corrected chi connectivity index (χ4v) is 11.9. The molecular formula is C39H51N5O4. The van der Waals surface area contributed by atoms with E-state index in [1.165, 1.54) is 6.42 Å². The maximum atomic E-state index is 13.9. The first kappa shape index (κ1) is 32.2. The molecule has 0 bridgehead atoms. The van der Waals surface area contributed by atoms with E-state index in [1.807, 2.05) is 11.0 Å². The van der Waals surface area contributed by atoms with E-state index in [-0.39, 0.29) is 34.8 Å². The Hall–Kier alpha value is -3.06. The van der Waals surface area contributed by atoms with E-state index in [1.54, 1.807) is 29.4 Å². The molecule has 4 heterocycles. The second kappa shape index (κ2) is 11.8. The zero-order chi connectivity index (χ0) is 33.4. The summed E-state index contributed by atoms with van der Waals surface area (Å²) in [7, 11) is 0. The highest BCUT2D eigenvalue weighted by atomic mass is 16.3. The van der Waals surface area contributed by atoms with Gasteiger partial charge in [0.2, 0.25) is 5.91 Å². The van der Waals surface area contributed by atoms with Crippen LogP contribution in [0.2, 0.25) is 0 Å². The number of terminal acetylenes is 1. The Labute approximate surface area is 284 Å². The summed E-state index contributed by atoms with van der Waals surface area (Å²) in [4.78, 5) is 42.3. The molecule has 2 aromatic rings. The first-order chi connectivity index (χ1) is 23.1. The quantitative estimate of drug-likeness (QED) is 0.480. The Morgan fingerprint density at radius 3 is 2.56 bits per heavy atom. The number of piperazine rings is 1. The third-order valence-corrected chi connectivity index (χ3v) is 14.7. The van der Waals surface area contributed by atoms with E-state index >= 15 is 0 Å². The van der Waals surface area contributed by atoms with E-state index < -0.39 is 11.6 Å². The number of carbonyl (C=O) groups excluding carboxylic acids is 2. The fraction of sp³-hybridized carbons (Fsp3) is 0.692. The zero-order valence-electron chi connectivity index (χ0n) is 28.6. The van der Waals surface area contributed by atoms with Crippen molar-refractivity contribution >= 4 is 22.7 Å². The number of aliphatic hydroxyl groups is 2. The smallest absolute Gasteiger partial charge is 0.273 e. The van der Waals surface area contributed by atoms with E-state index in [0.717, 1.165) is 68.9 Å². The molecule has 2 saturated heterocycles. The molecule has 8 rings (SSSR count). The van der Waals surface area contributed by atoms with Gasteiger partial charge in [-0.25, -0.2) is 4.98 Å². The Bertz CT molecular complexity index is 1640. The standard InChI is InChI=1S/C39H51N5O4/c1-4-39(48)15-12-29-27-9-8-26-22-34(45)33(23-37(26,2)28(27)11-14-38(29,39)3)42-18-20-43(21-19-42)36(47)32-6-5-17-44(32)35(46)31-10-7-25-24-40-16-13-30(25)41-31/h1,7,10,13,16,24,26-29,32-34,45,48H,5-6,8-9,11-12,14-15,17-23H2,2-3H3/t26?,27-,28+,29+,32+,33+,34+,37+,38+,39+/m1/s1. The van der Waals surface area contributed by atoms with Crippen LogP contribution in [0.1, 0.15) is 88.5 Å². The lowest BCUT2D eigenvalue weighted by molar-refractivity contribution is -0.163. The van der Waals surface area contributed by atoms with E-state index in [4.69, 9.17) is 6.42 Å². The average Bonchev–Trinajstić information content (AvgIpc) is 3.70. The van der Waals surface area contributed by atoms with Crippen LogP contribution in [0.3, 0.4) is 0 Å². The van der Waals surface area contributed by atoms with E-state index in [0.29, 0.717) is 61.8 Å². The Morgan fingerprint density at radius 1 is 0.979 bits per heavy atom. The van der Waals surface area contributed by atoms with Crippen molar-refractivity contribution < 1.29 is 19.8 Å². The highest BCUT2D eigenvalue weighted by Crippen LogP contribution is 2.68. The Morgan fingerprint density at radius 2 is 1.77 bits per heavy atom. The van der Waals surface area contributed by atoms with E-state index in [9.17, 15) is 19.8 Å². The summed E-state index contributed by atoms with van der Waals surface area (Å²) in [5.74, 6) is 4.81. The number of amides is 2. The van der Waals surface area contributed by atoms with Gasteiger partial charge in [-0.2, -0.15) is 0 Å². The lowest BCUT2D eigenvalue weighted by Crippen LogP contribution is -2.63. The molecule has 2 amide bonds. The molecular weight excluding hydrogens is 602 g/mol. The van der Waals surface area contributed by atoms with Crippen molar-refractivity contribution in [2.45, 2.75) is 102 Å². The molecule has 1 unspecified atom stereocenters. The molecule has 0 aromatic carbocycles. The molecule has 6 fully saturated rings. The predicted octanol–water partition coefficient (Wildman–Crippen LogP) is 4.13. The number of fused-ring (bicyclic) bond motifs is 6. The summed E-state index contributed by atoms with van der Waals surface area (Å²) >= 11 is 0. The Balaban J connectivity index is 0.925. The number of nitrogens with zero attached hydrogens (tertiary/aromatic N) is 5. The first-order valence-corrected chi connectivity index (χ1v) is 18.5. The number of likely N-dealkylation sites (tertiary alicyclic amines) is 1. The molecule has 10 atom stereocenters. The summed E-state index contributed by atoms with van der Waals surface area (Å²) in [5.41, 5.74) is 0.0430. The third kappa shape index (κ3) is 4.84. The molecule has 0 radical (unpaired) electrons. The molecule has 6 aliphatic rings. The minimum Gasteiger partial charge on any atom is -0.391 e. The van der Waals surface area contributed by atoms with Crippen molar-refractivity contribution in [2.75, 3.05) is 32.7 Å². The van der Waals surface area contributed by atoms with Crippen molar-refractivity contribution in [3.8, 4) is 12.3 Å². The molecule has 0 spiro atoms. The number of aromatic nitrogens is 2. The number of pyridine rings is 2. The van der Waals surface area contributed by atoms with Gasteiger partial charge in [0, 0.05) is 62.0 Å². The number of hydrogen-bond donors (Lipinski definition) is 2. The van der Waals surface area contributed by atoms with E-state index in [2.05, 4.69) is 34.6 Å². The van der Waals surface area contributed by atoms with Gasteiger partial charge in [0.1, 0.15) is 17.3 Å². The minimum atomic E-state index is -0.989. The normalized spacial score (nSPS) is 41.4. The molecule has 256 valence electrons. The van der Waals surface area contributed by atoms with Gasteiger partial charge in [0.25, 0.3) is 5.91 Å². The minimum absolute atomic E-state index is 0.0329. The van der Waals surface area contributed by atoms with Crippen LogP contribution in [0.15, 0.2) is 30.6 Å². The number of rotatable bonds is 3. The highest BCUT2D eigenvalue weighted by molar-refractivity contribution is 5.98. The maximum Gasteiger partial charge on any atom is 0.273 e. The molecule has 48 heavy (non-hydrogen) atoms. The summed E-state index contributed by atoms with van der Waals surface area (Å²) in [6.07, 6.45) is 18.4. The van der Waals surface area contributed by atoms with Crippen molar-refractivity contribution in [3.63, 3.8) is 0 Å². The second-order valence-electron chi connectivity index (χ2n) is 16.5. The molecule has 9 nitrogen and oxygen atoms in total. The van der Waals surface area contributed by atoms with Crippen LogP contribution in [0, 0.1) is 46.8 Å². The zero-order valence-corrected chi connectivity index (χ0v) is 28.6. The topological polar surface area (TPSA) is 110 Å². The second-order valence-corrected chi connectivity index (χ2v) is 16.5. The SMILES string of the molecule is C#C[C@]1(O)CC[C@H]2[C@@H]3CCC4C[C@H](O)[C@@H](N5CCN(C(=O)[C@@H]6CCCN6C(=O)c6ccc7cnccc7n6)CC5)C[C@]4(C)[C@H]3CC[C@@]21C. The maximum absolute atomic E-state index is 13.9. The van der Waals surface area contributed by atoms with Crippen LogP contribution in [0.4, 0.5) is 0 Å². The van der Waals surface area contributed by atoms with Crippen molar-refractivity contribution in [2.24, 2.45) is 34.5 Å². The number of aliphatic hydroxyl groups excluding tert-OH is 1. The lowest BCUT2D eigenvalue weighted by atomic mass is 9.44. The van der Waals surface area contributed by atoms with Gasteiger partial charge < -0.3 is 20.0 Å². The van der Waals surface area contributed by atoms with Crippen molar-refractivity contribution in [1.82, 2.24) is 24.7 Å². The van der Waals surface area contributed by atoms with Crippen molar-refractivity contribution in [1.29, 1.82) is 0 Å². The van der Waals surface area contributed by atoms with Crippen LogP contribution in [0.5, 0.6) is 0 Å². The fourth-order valence-electron chi connectivity index (χ4n) is 11.9. The summed E-state index contributed by atoms with van der Waals surface area (Å²) in [6, 6.07) is 5.02. The molecule has 9 heteroatoms. The first-order valence-electron chi connectivity index (χ1n) is 18.5. The molecule has 2 aliphatic heterocycles. The van der Waals surface area contributed by atoms with Gasteiger partial charge in [0.05, 0.1) is 11.6 Å². The summed E-state index contributed by atoms with van der Waals surface area (Å²) in [5, 5.41) is 23.8. The van der Waals surface area contributed by atoms with Gasteiger partial charge in [-0.05, 0) is 111 Å². The summed E-state index contributed by atoms with van der Waals surface area (Å²) in [6.45, 7) is 8.01. The highest BCUT2D eigenvalue weighted by Gasteiger charge is 2.65. The van der Waals surface area contributed by atoms with Crippen LogP contribution < -0.4 is 0 Å². The molecule has 2 aromatic heterocycles. The monoisotopic (exact) mass is 653 g/mol. The molecule has 4 saturated carbocycles. The van der Waals surface area contributed by atoms with Crippen LogP contribution in [-0.4, -0.2) is 103 Å². The van der Waals surface area contributed by atoms with Gasteiger partial charge >= 0.3 is 0 Å². The van der Waals surface area contributed by atoms with Gasteiger partial charge in [0.15, 0.2) is 0 Å². The largest absolute Gasteiger partial charge is 0.391 e. The van der Waals surface area contributed by atoms with Crippen LogP contribution >= 0.6 is 0 Å². The number of carbonyl (C=O) groups is 2. The lowest BCUT2D eigenvalue weighted by Gasteiger charge is -2.63. The van der Waals surface area contributed by atoms with Gasteiger partial charge in [-0.15, -0.1) is 6.42 Å². The third-order valence-electron chi connectivity index (χ3n) is 14.7. The predicted molar refractivity (Wildman–Crippen MR) is 182 cm³/mol. The molecule has 4 aliphatic carbocycles. The Kier molecular flexibility index (Phi) is 7.89. The average molecular weight is 654 g/mol. The van der Waals surface area contributed by atoms with Gasteiger partial charge in [-0.1, -0.05) is 19.8 Å². The summed E-state index contributed by atoms with van der Waals surface area (Å²) < 4.78 is 0. The number of hydrogen-bond acceptors (Lipinski definition) is 7. The van der Waals surface area contributed by atoms with Crippen LogP contribution in [-0.2, 0) is 4.79 Å².